The molecule has 0 aliphatic rings. The van der Waals surface area contributed by atoms with Crippen LogP contribution in [0.3, 0.4) is 0 Å². The van der Waals surface area contributed by atoms with Crippen LogP contribution >= 0.6 is 0 Å². The molecule has 0 amide bonds. The number of aromatic nitrogens is 1. The van der Waals surface area contributed by atoms with Crippen molar-refractivity contribution in [3.05, 3.63) is 58.5 Å². The van der Waals surface area contributed by atoms with Gasteiger partial charge in [0.2, 0.25) is 0 Å². The standard InChI is InChI=1S/C18H18F3NO4/c1-11(2)9-14(17(24)25)22-8-7-12(10-16(22)23)26-15-6-4-3-5-13(15)18(19,20)21/h3-8,10-11,14H,9H2,1-2H3,(H,24,25). The molecule has 5 nitrogen and oxygen atoms in total. The summed E-state index contributed by atoms with van der Waals surface area (Å²) in [6.07, 6.45) is -3.14. The maximum Gasteiger partial charge on any atom is 0.419 e. The number of hydrogen-bond acceptors (Lipinski definition) is 3. The zero-order valence-corrected chi connectivity index (χ0v) is 14.2. The Balaban J connectivity index is 2.34. The lowest BCUT2D eigenvalue weighted by Gasteiger charge is -2.18. The van der Waals surface area contributed by atoms with E-state index in [1.165, 1.54) is 24.4 Å². The second-order valence-corrected chi connectivity index (χ2v) is 6.19. The minimum Gasteiger partial charge on any atom is -0.480 e. The van der Waals surface area contributed by atoms with Gasteiger partial charge in [-0.05, 0) is 30.5 Å². The summed E-state index contributed by atoms with van der Waals surface area (Å²) in [5.74, 6) is -1.65. The number of halogens is 3. The van der Waals surface area contributed by atoms with Crippen LogP contribution in [-0.2, 0) is 11.0 Å². The van der Waals surface area contributed by atoms with Crippen LogP contribution in [0.4, 0.5) is 13.2 Å². The Bertz CT molecular complexity index is 843. The predicted molar refractivity (Wildman–Crippen MR) is 88.3 cm³/mol. The van der Waals surface area contributed by atoms with Gasteiger partial charge in [0.05, 0.1) is 5.56 Å². The SMILES string of the molecule is CC(C)CC(C(=O)O)n1ccc(Oc2ccccc2C(F)(F)F)cc1=O. The molecule has 0 aliphatic heterocycles. The van der Waals surface area contributed by atoms with Gasteiger partial charge in [-0.1, -0.05) is 26.0 Å². The fraction of sp³-hybridized carbons (Fsp3) is 0.333. The largest absolute Gasteiger partial charge is 0.480 e. The summed E-state index contributed by atoms with van der Waals surface area (Å²) >= 11 is 0. The number of benzene rings is 1. The Hall–Kier alpha value is -2.77. The van der Waals surface area contributed by atoms with Gasteiger partial charge in [-0.2, -0.15) is 13.2 Å². The normalized spacial score (nSPS) is 12.8. The van der Waals surface area contributed by atoms with Crippen LogP contribution in [0.25, 0.3) is 0 Å². The quantitative estimate of drug-likeness (QED) is 0.823. The number of carboxylic acid groups (broad SMARTS) is 1. The van der Waals surface area contributed by atoms with Crippen molar-refractivity contribution >= 4 is 5.97 Å². The highest BCUT2D eigenvalue weighted by Crippen LogP contribution is 2.37. The molecule has 0 radical (unpaired) electrons. The molecule has 1 aromatic heterocycles. The van der Waals surface area contributed by atoms with Gasteiger partial charge in [0, 0.05) is 12.3 Å². The van der Waals surface area contributed by atoms with Crippen LogP contribution in [0.1, 0.15) is 31.9 Å². The van der Waals surface area contributed by atoms with Crippen LogP contribution in [0.2, 0.25) is 0 Å². The predicted octanol–water partition coefficient (Wildman–Crippen LogP) is 4.33. The molecular weight excluding hydrogens is 351 g/mol. The molecule has 0 saturated carbocycles. The van der Waals surface area contributed by atoms with Gasteiger partial charge in [0.25, 0.3) is 5.56 Å². The van der Waals surface area contributed by atoms with Crippen LogP contribution in [-0.4, -0.2) is 15.6 Å². The van der Waals surface area contributed by atoms with Gasteiger partial charge in [-0.15, -0.1) is 0 Å². The third kappa shape index (κ3) is 4.65. The van der Waals surface area contributed by atoms with Crippen LogP contribution < -0.4 is 10.3 Å². The third-order valence-electron chi connectivity index (χ3n) is 3.66. The maximum absolute atomic E-state index is 13.0. The first-order valence-corrected chi connectivity index (χ1v) is 7.88. The van der Waals surface area contributed by atoms with Crippen molar-refractivity contribution in [3.63, 3.8) is 0 Å². The second-order valence-electron chi connectivity index (χ2n) is 6.19. The Kier molecular flexibility index (Phi) is 5.74. The molecule has 1 aromatic carbocycles. The molecule has 1 N–H and O–H groups in total. The summed E-state index contributed by atoms with van der Waals surface area (Å²) in [7, 11) is 0. The molecule has 0 spiro atoms. The number of hydrogen-bond donors (Lipinski definition) is 1. The van der Waals surface area contributed by atoms with Crippen molar-refractivity contribution in [1.29, 1.82) is 0 Å². The molecule has 1 heterocycles. The number of ether oxygens (including phenoxy) is 1. The van der Waals surface area contributed by atoms with Crippen LogP contribution in [0, 0.1) is 5.92 Å². The number of aliphatic carboxylic acids is 1. The van der Waals surface area contributed by atoms with E-state index in [9.17, 15) is 27.9 Å². The van der Waals surface area contributed by atoms with Crippen LogP contribution in [0.5, 0.6) is 11.5 Å². The highest BCUT2D eigenvalue weighted by molar-refractivity contribution is 5.71. The van der Waals surface area contributed by atoms with Gasteiger partial charge < -0.3 is 14.4 Å². The molecule has 8 heteroatoms. The molecule has 0 aliphatic carbocycles. The summed E-state index contributed by atoms with van der Waals surface area (Å²) < 4.78 is 45.2. The molecule has 1 atom stereocenters. The van der Waals surface area contributed by atoms with Crippen molar-refractivity contribution in [2.75, 3.05) is 0 Å². The molecule has 0 bridgehead atoms. The van der Waals surface area contributed by atoms with E-state index >= 15 is 0 Å². The molecule has 0 saturated heterocycles. The highest BCUT2D eigenvalue weighted by Gasteiger charge is 2.34. The zero-order chi connectivity index (χ0) is 19.5. The molecule has 0 fully saturated rings. The first-order valence-electron chi connectivity index (χ1n) is 7.88. The van der Waals surface area contributed by atoms with E-state index in [0.29, 0.717) is 0 Å². The molecule has 2 rings (SSSR count). The van der Waals surface area contributed by atoms with E-state index in [4.69, 9.17) is 4.74 Å². The van der Waals surface area contributed by atoms with Crippen molar-refractivity contribution in [2.24, 2.45) is 5.92 Å². The first-order chi connectivity index (χ1) is 12.1. The number of rotatable bonds is 6. The fourth-order valence-electron chi connectivity index (χ4n) is 2.49. The lowest BCUT2D eigenvalue weighted by molar-refractivity contribution is -0.141. The van der Waals surface area contributed by atoms with E-state index in [-0.39, 0.29) is 18.1 Å². The van der Waals surface area contributed by atoms with Crippen molar-refractivity contribution in [1.82, 2.24) is 4.57 Å². The second kappa shape index (κ2) is 7.63. The first kappa shape index (κ1) is 19.6. The number of nitrogens with zero attached hydrogens (tertiary/aromatic N) is 1. The zero-order valence-electron chi connectivity index (χ0n) is 14.2. The lowest BCUT2D eigenvalue weighted by atomic mass is 10.0. The lowest BCUT2D eigenvalue weighted by Crippen LogP contribution is -2.30. The third-order valence-corrected chi connectivity index (χ3v) is 3.66. The summed E-state index contributed by atoms with van der Waals surface area (Å²) in [6.45, 7) is 3.65. The summed E-state index contributed by atoms with van der Waals surface area (Å²) in [5, 5.41) is 9.31. The Morgan fingerprint density at radius 1 is 1.23 bits per heavy atom. The Morgan fingerprint density at radius 2 is 1.88 bits per heavy atom. The topological polar surface area (TPSA) is 68.5 Å². The van der Waals surface area contributed by atoms with E-state index in [2.05, 4.69) is 0 Å². The minimum atomic E-state index is -4.60. The summed E-state index contributed by atoms with van der Waals surface area (Å²) in [4.78, 5) is 23.6. The van der Waals surface area contributed by atoms with E-state index in [0.717, 1.165) is 22.8 Å². The number of pyridine rings is 1. The maximum atomic E-state index is 13.0. The molecular formula is C18H18F3NO4. The van der Waals surface area contributed by atoms with Crippen molar-refractivity contribution < 1.29 is 27.8 Å². The van der Waals surface area contributed by atoms with Crippen molar-refractivity contribution in [3.8, 4) is 11.5 Å². The minimum absolute atomic E-state index is 0.0394. The van der Waals surface area contributed by atoms with Gasteiger partial charge in [-0.3, -0.25) is 4.79 Å². The van der Waals surface area contributed by atoms with Gasteiger partial charge >= 0.3 is 12.1 Å². The molecule has 2 aromatic rings. The number of carbonyl (C=O) groups is 1. The smallest absolute Gasteiger partial charge is 0.419 e. The number of para-hydroxylation sites is 1. The average Bonchev–Trinajstić information content (AvgIpc) is 2.52. The molecule has 26 heavy (non-hydrogen) atoms. The van der Waals surface area contributed by atoms with E-state index in [1.54, 1.807) is 0 Å². The fourth-order valence-corrected chi connectivity index (χ4v) is 2.49. The highest BCUT2D eigenvalue weighted by atomic mass is 19.4. The monoisotopic (exact) mass is 369 g/mol. The molecule has 140 valence electrons. The van der Waals surface area contributed by atoms with Crippen LogP contribution in [0.15, 0.2) is 47.4 Å². The summed E-state index contributed by atoms with van der Waals surface area (Å²) in [5.41, 5.74) is -1.63. The number of carboxylic acids is 1. The van der Waals surface area contributed by atoms with Crippen molar-refractivity contribution in [2.45, 2.75) is 32.5 Å². The number of alkyl halides is 3. The Labute approximate surface area is 147 Å². The van der Waals surface area contributed by atoms with Gasteiger partial charge in [0.1, 0.15) is 17.5 Å². The van der Waals surface area contributed by atoms with E-state index < -0.39 is 35.1 Å². The van der Waals surface area contributed by atoms with E-state index in [1.807, 2.05) is 13.8 Å². The van der Waals surface area contributed by atoms with Gasteiger partial charge in [0.15, 0.2) is 0 Å². The average molecular weight is 369 g/mol. The molecule has 1 unspecified atom stereocenters. The Morgan fingerprint density at radius 3 is 2.42 bits per heavy atom. The summed E-state index contributed by atoms with van der Waals surface area (Å²) in [6, 6.07) is 5.83. The van der Waals surface area contributed by atoms with Gasteiger partial charge in [-0.25, -0.2) is 4.79 Å².